The third-order valence-corrected chi connectivity index (χ3v) is 14.6. The molecule has 2 amide bonds. The van der Waals surface area contributed by atoms with Gasteiger partial charge in [-0.2, -0.15) is 0 Å². The first-order valence-electron chi connectivity index (χ1n) is 24.2. The fraction of sp³-hybridized carbons (Fsp3) is 0.291. The van der Waals surface area contributed by atoms with Gasteiger partial charge in [0.15, 0.2) is 0 Å². The lowest BCUT2D eigenvalue weighted by Crippen LogP contribution is -2.59. The van der Waals surface area contributed by atoms with Crippen LogP contribution in [0.3, 0.4) is 0 Å². The summed E-state index contributed by atoms with van der Waals surface area (Å²) in [6.07, 6.45) is 8.20. The second kappa shape index (κ2) is 20.9. The molecule has 0 radical (unpaired) electrons. The first kappa shape index (κ1) is 47.2. The number of piperidine rings is 1. The SMILES string of the molecule is C=CC(=O)Nc1ccc2[nH]cc(Cc3nc4cc(NCc5cccc(-c6cn(CCCNC(=O)C7(N)CCNCC7)c7ccc(CN8CCN(Cc9c(Cl)cccc9Cl)CC8)cc67)c5)ccc4[nH]3)c2c1. The van der Waals surface area contributed by atoms with Crippen molar-refractivity contribution in [2.24, 2.45) is 5.73 Å². The highest BCUT2D eigenvalue weighted by molar-refractivity contribution is 6.36. The van der Waals surface area contributed by atoms with E-state index >= 15 is 0 Å². The molecule has 10 rings (SSSR count). The van der Waals surface area contributed by atoms with Gasteiger partial charge in [0, 0.05) is 132 Å². The number of aromatic amines is 2. The number of halogens is 2. The molecule has 5 heterocycles. The fourth-order valence-corrected chi connectivity index (χ4v) is 10.5. The monoisotopic (exact) mass is 975 g/mol. The first-order chi connectivity index (χ1) is 34.1. The van der Waals surface area contributed by atoms with Gasteiger partial charge in [-0.05, 0) is 127 Å². The van der Waals surface area contributed by atoms with Crippen LogP contribution in [0, 0.1) is 0 Å². The molecule has 0 spiro atoms. The van der Waals surface area contributed by atoms with Crippen LogP contribution in [0.25, 0.3) is 44.0 Å². The van der Waals surface area contributed by atoms with Crippen LogP contribution in [0.5, 0.6) is 0 Å². The van der Waals surface area contributed by atoms with Gasteiger partial charge in [0.2, 0.25) is 11.8 Å². The molecule has 2 saturated heterocycles. The molecule has 70 heavy (non-hydrogen) atoms. The van der Waals surface area contributed by atoms with E-state index in [4.69, 9.17) is 33.9 Å². The van der Waals surface area contributed by atoms with Gasteiger partial charge in [-0.3, -0.25) is 19.4 Å². The van der Waals surface area contributed by atoms with E-state index in [1.807, 2.05) is 42.6 Å². The maximum Gasteiger partial charge on any atom is 0.247 e. The van der Waals surface area contributed by atoms with E-state index in [0.717, 1.165) is 121 Å². The Labute approximate surface area is 417 Å². The van der Waals surface area contributed by atoms with Crippen molar-refractivity contribution < 1.29 is 9.59 Å². The Morgan fingerprint density at radius 2 is 1.59 bits per heavy atom. The lowest BCUT2D eigenvalue weighted by Gasteiger charge is -2.35. The average Bonchev–Trinajstić information content (AvgIpc) is 4.08. The summed E-state index contributed by atoms with van der Waals surface area (Å²) < 4.78 is 2.33. The van der Waals surface area contributed by atoms with Crippen LogP contribution < -0.4 is 27.0 Å². The van der Waals surface area contributed by atoms with Crippen LogP contribution >= 0.6 is 23.2 Å². The molecule has 0 saturated carbocycles. The Bertz CT molecular complexity index is 3180. The number of aryl methyl sites for hydroxylation is 1. The molecular weight excluding hydrogens is 918 g/mol. The Kier molecular flexibility index (Phi) is 14.1. The van der Waals surface area contributed by atoms with E-state index in [-0.39, 0.29) is 11.8 Å². The molecule has 360 valence electrons. The molecular formula is C55H59Cl2N11O2. The van der Waals surface area contributed by atoms with Crippen molar-refractivity contribution >= 4 is 79.2 Å². The number of hydrogen-bond donors (Lipinski definition) is 7. The number of rotatable bonds is 17. The number of nitrogens with two attached hydrogens (primary N) is 1. The number of benzene rings is 5. The summed E-state index contributed by atoms with van der Waals surface area (Å²) in [7, 11) is 0. The van der Waals surface area contributed by atoms with Gasteiger partial charge < -0.3 is 41.5 Å². The zero-order valence-corrected chi connectivity index (χ0v) is 40.7. The van der Waals surface area contributed by atoms with Crippen molar-refractivity contribution in [3.8, 4) is 11.1 Å². The highest BCUT2D eigenvalue weighted by Crippen LogP contribution is 2.34. The van der Waals surface area contributed by atoms with Gasteiger partial charge in [-0.25, -0.2) is 4.98 Å². The number of nitrogens with one attached hydrogen (secondary N) is 6. The Morgan fingerprint density at radius 3 is 2.39 bits per heavy atom. The molecule has 13 nitrogen and oxygen atoms in total. The standard InChI is InChI=1S/C55H59Cl2N11O2/c1-2-53(69)63-41-12-13-48-42(29-41)39(32-62-48)28-52-64-49-14-11-40(30-50(49)65-52)61-31-36-6-3-7-38(26-36)44-35-68(21-5-18-60-54(70)55(58)16-19-59-20-17-55)51-15-10-37(27-43(44)51)33-66-22-24-67(25-23-66)34-45-46(56)8-4-9-47(45)57/h2-4,6-15,26-27,29-30,32,35,59,61-62H,1,5,16-25,28,31,33-34,58H2,(H,60,70)(H,63,69)(H,64,65). The lowest BCUT2D eigenvalue weighted by molar-refractivity contribution is -0.127. The van der Waals surface area contributed by atoms with E-state index in [1.54, 1.807) is 0 Å². The van der Waals surface area contributed by atoms with E-state index in [1.165, 1.54) is 28.1 Å². The molecule has 15 heteroatoms. The second-order valence-corrected chi connectivity index (χ2v) is 19.6. The van der Waals surface area contributed by atoms with E-state index in [2.05, 4.69) is 119 Å². The molecule has 2 fully saturated rings. The Morgan fingerprint density at radius 1 is 0.829 bits per heavy atom. The molecule has 3 aromatic heterocycles. The lowest BCUT2D eigenvalue weighted by atomic mass is 9.88. The molecule has 0 bridgehead atoms. The molecule has 2 aliphatic rings. The number of amides is 2. The van der Waals surface area contributed by atoms with Gasteiger partial charge in [-0.15, -0.1) is 0 Å². The highest BCUT2D eigenvalue weighted by atomic mass is 35.5. The normalized spacial score (nSPS) is 15.4. The summed E-state index contributed by atoms with van der Waals surface area (Å²) in [5, 5.41) is 16.6. The molecule has 8 aromatic rings. The van der Waals surface area contributed by atoms with E-state index in [0.29, 0.717) is 48.1 Å². The van der Waals surface area contributed by atoms with Crippen LogP contribution in [-0.4, -0.2) is 92.5 Å². The number of carbonyl (C=O) groups excluding carboxylic acids is 2. The van der Waals surface area contributed by atoms with Gasteiger partial charge in [0.05, 0.1) is 16.6 Å². The van der Waals surface area contributed by atoms with Crippen LogP contribution in [0.4, 0.5) is 11.4 Å². The van der Waals surface area contributed by atoms with Crippen molar-refractivity contribution in [1.29, 1.82) is 0 Å². The van der Waals surface area contributed by atoms with Crippen LogP contribution in [0.15, 0.2) is 122 Å². The zero-order valence-electron chi connectivity index (χ0n) is 39.2. The summed E-state index contributed by atoms with van der Waals surface area (Å²) in [5.74, 6) is 0.551. The minimum Gasteiger partial charge on any atom is -0.381 e. The molecule has 0 atom stereocenters. The smallest absolute Gasteiger partial charge is 0.247 e. The highest BCUT2D eigenvalue weighted by Gasteiger charge is 2.35. The summed E-state index contributed by atoms with van der Waals surface area (Å²) >= 11 is 13.0. The molecule has 8 N–H and O–H groups in total. The number of imidazole rings is 1. The summed E-state index contributed by atoms with van der Waals surface area (Å²) in [6, 6.07) is 33.4. The number of fused-ring (bicyclic) bond motifs is 3. The minimum absolute atomic E-state index is 0.0563. The van der Waals surface area contributed by atoms with Crippen molar-refractivity contribution in [1.82, 2.24) is 40.0 Å². The number of H-pyrrole nitrogens is 2. The number of anilines is 2. The molecule has 2 aliphatic heterocycles. The van der Waals surface area contributed by atoms with E-state index in [9.17, 15) is 9.59 Å². The van der Waals surface area contributed by atoms with Crippen molar-refractivity contribution in [3.05, 3.63) is 160 Å². The van der Waals surface area contributed by atoms with Crippen LogP contribution in [-0.2, 0) is 42.2 Å². The third kappa shape index (κ3) is 10.7. The number of hydrogen-bond acceptors (Lipinski definition) is 8. The predicted molar refractivity (Wildman–Crippen MR) is 284 cm³/mol. The largest absolute Gasteiger partial charge is 0.381 e. The molecule has 5 aromatic carbocycles. The maximum absolute atomic E-state index is 13.1. The Hall–Kier alpha value is -6.45. The number of nitrogens with zero attached hydrogens (tertiary/aromatic N) is 4. The summed E-state index contributed by atoms with van der Waals surface area (Å²) in [6.45, 7) is 12.4. The average molecular weight is 977 g/mol. The quantitative estimate of drug-likeness (QED) is 0.0351. The fourth-order valence-electron chi connectivity index (χ4n) is 9.94. The van der Waals surface area contributed by atoms with Crippen LogP contribution in [0.2, 0.25) is 10.0 Å². The van der Waals surface area contributed by atoms with Gasteiger partial charge in [0.25, 0.3) is 0 Å². The minimum atomic E-state index is -0.806. The first-order valence-corrected chi connectivity index (χ1v) is 25.0. The Balaban J connectivity index is 0.834. The van der Waals surface area contributed by atoms with Crippen molar-refractivity contribution in [3.63, 3.8) is 0 Å². The van der Waals surface area contributed by atoms with Gasteiger partial charge in [0.1, 0.15) is 5.82 Å². The van der Waals surface area contributed by atoms with Gasteiger partial charge in [-0.1, -0.05) is 60.1 Å². The van der Waals surface area contributed by atoms with Crippen LogP contribution in [0.1, 0.15) is 47.3 Å². The number of piperazine rings is 1. The van der Waals surface area contributed by atoms with E-state index < -0.39 is 5.54 Å². The summed E-state index contributed by atoms with van der Waals surface area (Å²) in [5.41, 5.74) is 18.2. The maximum atomic E-state index is 13.1. The molecule has 0 aliphatic carbocycles. The third-order valence-electron chi connectivity index (χ3n) is 13.9. The second-order valence-electron chi connectivity index (χ2n) is 18.8. The topological polar surface area (TPSA) is 164 Å². The predicted octanol–water partition coefficient (Wildman–Crippen LogP) is 9.21. The molecule has 0 unspecified atom stereocenters. The van der Waals surface area contributed by atoms with Gasteiger partial charge >= 0.3 is 0 Å². The van der Waals surface area contributed by atoms with Crippen molar-refractivity contribution in [2.45, 2.75) is 57.4 Å². The van der Waals surface area contributed by atoms with Crippen molar-refractivity contribution in [2.75, 3.05) is 56.4 Å². The number of carbonyl (C=O) groups is 2. The zero-order chi connectivity index (χ0) is 48.2. The number of aromatic nitrogens is 4. The summed E-state index contributed by atoms with van der Waals surface area (Å²) in [4.78, 5) is 41.8.